The minimum atomic E-state index is -0.498. The standard InChI is InChI=1S/C11H14N4O3S/c1-11(2,19-3)6-12-7-4-5-8(15(16)17)10-9(7)13-18-14-10/h4-5,12H,6H2,1-3H3. The molecule has 0 amide bonds. The fraction of sp³-hybridized carbons (Fsp3) is 0.455. The first-order chi connectivity index (χ1) is 8.94. The summed E-state index contributed by atoms with van der Waals surface area (Å²) in [6.45, 7) is 4.91. The number of hydrogen-bond donors (Lipinski definition) is 1. The van der Waals surface area contributed by atoms with Gasteiger partial charge in [0.2, 0.25) is 5.52 Å². The summed E-state index contributed by atoms with van der Waals surface area (Å²) in [4.78, 5) is 10.4. The van der Waals surface area contributed by atoms with Crippen molar-refractivity contribution in [3.8, 4) is 0 Å². The van der Waals surface area contributed by atoms with E-state index in [4.69, 9.17) is 0 Å². The molecule has 0 fully saturated rings. The Morgan fingerprint density at radius 3 is 2.74 bits per heavy atom. The van der Waals surface area contributed by atoms with Crippen molar-refractivity contribution < 1.29 is 9.55 Å². The van der Waals surface area contributed by atoms with E-state index in [-0.39, 0.29) is 16.0 Å². The normalized spacial score (nSPS) is 11.7. The van der Waals surface area contributed by atoms with E-state index >= 15 is 0 Å². The van der Waals surface area contributed by atoms with Crippen molar-refractivity contribution in [3.63, 3.8) is 0 Å². The molecule has 0 aliphatic heterocycles. The van der Waals surface area contributed by atoms with E-state index in [0.717, 1.165) is 0 Å². The molecule has 7 nitrogen and oxygen atoms in total. The van der Waals surface area contributed by atoms with Gasteiger partial charge in [0, 0.05) is 17.4 Å². The maximum absolute atomic E-state index is 10.9. The molecule has 0 atom stereocenters. The van der Waals surface area contributed by atoms with Crippen LogP contribution in [0.15, 0.2) is 16.8 Å². The van der Waals surface area contributed by atoms with Crippen LogP contribution in [0.25, 0.3) is 11.0 Å². The number of nitrogens with one attached hydrogen (secondary N) is 1. The van der Waals surface area contributed by atoms with Crippen LogP contribution < -0.4 is 5.32 Å². The summed E-state index contributed by atoms with van der Waals surface area (Å²) in [6, 6.07) is 3.03. The lowest BCUT2D eigenvalue weighted by Crippen LogP contribution is -2.25. The van der Waals surface area contributed by atoms with Gasteiger partial charge in [-0.1, -0.05) is 0 Å². The van der Waals surface area contributed by atoms with E-state index < -0.39 is 4.92 Å². The second kappa shape index (κ2) is 5.04. The summed E-state index contributed by atoms with van der Waals surface area (Å²) in [6.07, 6.45) is 2.03. The van der Waals surface area contributed by atoms with Gasteiger partial charge in [0.05, 0.1) is 10.6 Å². The molecular formula is C11H14N4O3S. The van der Waals surface area contributed by atoms with Crippen molar-refractivity contribution in [3.05, 3.63) is 22.2 Å². The Morgan fingerprint density at radius 2 is 2.11 bits per heavy atom. The number of benzene rings is 1. The van der Waals surface area contributed by atoms with Crippen molar-refractivity contribution in [2.45, 2.75) is 18.6 Å². The molecule has 1 aromatic heterocycles. The zero-order valence-corrected chi connectivity index (χ0v) is 11.7. The fourth-order valence-electron chi connectivity index (χ4n) is 1.52. The van der Waals surface area contributed by atoms with Gasteiger partial charge in [-0.2, -0.15) is 11.8 Å². The van der Waals surface area contributed by atoms with Crippen LogP contribution in [0.5, 0.6) is 0 Å². The number of non-ortho nitro benzene ring substituents is 1. The predicted octanol–water partition coefficient (Wildman–Crippen LogP) is 2.68. The maximum atomic E-state index is 10.9. The van der Waals surface area contributed by atoms with Gasteiger partial charge in [-0.15, -0.1) is 0 Å². The molecule has 0 unspecified atom stereocenters. The van der Waals surface area contributed by atoms with Crippen LogP contribution in [0.1, 0.15) is 13.8 Å². The summed E-state index contributed by atoms with van der Waals surface area (Å²) in [7, 11) is 0. The van der Waals surface area contributed by atoms with Crippen LogP contribution in [-0.4, -0.2) is 32.8 Å². The minimum Gasteiger partial charge on any atom is -0.382 e. The number of hydrogen-bond acceptors (Lipinski definition) is 7. The molecule has 2 rings (SSSR count). The zero-order valence-electron chi connectivity index (χ0n) is 10.8. The summed E-state index contributed by atoms with van der Waals surface area (Å²) in [5.41, 5.74) is 1.12. The fourth-order valence-corrected chi connectivity index (χ4v) is 1.74. The van der Waals surface area contributed by atoms with Gasteiger partial charge < -0.3 is 5.32 Å². The Morgan fingerprint density at radius 1 is 1.42 bits per heavy atom. The Hall–Kier alpha value is -1.83. The first-order valence-electron chi connectivity index (χ1n) is 5.63. The van der Waals surface area contributed by atoms with Crippen molar-refractivity contribution >= 4 is 34.2 Å². The van der Waals surface area contributed by atoms with Crippen LogP contribution in [0.2, 0.25) is 0 Å². The Bertz CT molecular complexity index is 611. The van der Waals surface area contributed by atoms with E-state index in [1.807, 2.05) is 6.26 Å². The second-order valence-corrected chi connectivity index (χ2v) is 6.18. The lowest BCUT2D eigenvalue weighted by Gasteiger charge is -2.22. The molecule has 1 N–H and O–H groups in total. The van der Waals surface area contributed by atoms with E-state index in [1.165, 1.54) is 6.07 Å². The van der Waals surface area contributed by atoms with Crippen LogP contribution in [-0.2, 0) is 0 Å². The number of nitrogens with zero attached hydrogens (tertiary/aromatic N) is 3. The molecule has 0 radical (unpaired) electrons. The van der Waals surface area contributed by atoms with Gasteiger partial charge in [0.15, 0.2) is 5.52 Å². The smallest absolute Gasteiger partial charge is 0.300 e. The lowest BCUT2D eigenvalue weighted by molar-refractivity contribution is -0.383. The van der Waals surface area contributed by atoms with Crippen molar-refractivity contribution in [2.75, 3.05) is 18.1 Å². The van der Waals surface area contributed by atoms with E-state index in [1.54, 1.807) is 17.8 Å². The third-order valence-electron chi connectivity index (χ3n) is 2.85. The molecule has 0 aliphatic rings. The number of nitro benzene ring substituents is 1. The van der Waals surface area contributed by atoms with Gasteiger partial charge in [-0.25, -0.2) is 4.63 Å². The highest BCUT2D eigenvalue weighted by atomic mass is 32.2. The molecule has 0 aliphatic carbocycles. The third kappa shape index (κ3) is 2.78. The van der Waals surface area contributed by atoms with Crippen molar-refractivity contribution in [2.24, 2.45) is 0 Å². The molecular weight excluding hydrogens is 268 g/mol. The molecule has 1 heterocycles. The summed E-state index contributed by atoms with van der Waals surface area (Å²) in [5.74, 6) is 0. The lowest BCUT2D eigenvalue weighted by atomic mass is 10.2. The number of aromatic nitrogens is 2. The summed E-state index contributed by atoms with van der Waals surface area (Å²) in [5, 5.41) is 21.4. The average molecular weight is 282 g/mol. The molecule has 0 saturated heterocycles. The number of rotatable bonds is 5. The SMILES string of the molecule is CSC(C)(C)CNc1ccc([N+](=O)[O-])c2nonc12. The maximum Gasteiger partial charge on any atom is 0.300 e. The Kier molecular flexibility index (Phi) is 3.61. The summed E-state index contributed by atoms with van der Waals surface area (Å²) < 4.78 is 4.65. The number of nitro groups is 1. The molecule has 0 bridgehead atoms. The number of thioether (sulfide) groups is 1. The predicted molar refractivity (Wildman–Crippen MR) is 74.5 cm³/mol. The van der Waals surface area contributed by atoms with E-state index in [0.29, 0.717) is 17.7 Å². The average Bonchev–Trinajstić information content (AvgIpc) is 2.84. The third-order valence-corrected chi connectivity index (χ3v) is 4.10. The first-order valence-corrected chi connectivity index (χ1v) is 6.86. The van der Waals surface area contributed by atoms with Gasteiger partial charge >= 0.3 is 5.69 Å². The van der Waals surface area contributed by atoms with Gasteiger partial charge in [0.25, 0.3) is 0 Å². The minimum absolute atomic E-state index is 0.0469. The molecule has 1 aromatic carbocycles. The quantitative estimate of drug-likeness (QED) is 0.665. The summed E-state index contributed by atoms with van der Waals surface area (Å²) >= 11 is 1.73. The molecule has 0 spiro atoms. The highest BCUT2D eigenvalue weighted by molar-refractivity contribution is 7.99. The Balaban J connectivity index is 2.33. The zero-order chi connectivity index (χ0) is 14.0. The Labute approximate surface area is 113 Å². The van der Waals surface area contributed by atoms with E-state index in [2.05, 4.69) is 34.1 Å². The molecule has 102 valence electrons. The topological polar surface area (TPSA) is 94.1 Å². The van der Waals surface area contributed by atoms with Gasteiger partial charge in [-0.05, 0) is 36.5 Å². The largest absolute Gasteiger partial charge is 0.382 e. The van der Waals surface area contributed by atoms with E-state index in [9.17, 15) is 10.1 Å². The second-order valence-electron chi connectivity index (χ2n) is 4.67. The first kappa shape index (κ1) is 13.6. The number of anilines is 1. The molecule has 0 saturated carbocycles. The van der Waals surface area contributed by atoms with Crippen molar-refractivity contribution in [1.29, 1.82) is 0 Å². The molecule has 19 heavy (non-hydrogen) atoms. The molecule has 8 heteroatoms. The molecule has 2 aromatic rings. The van der Waals surface area contributed by atoms with Crippen LogP contribution in [0.4, 0.5) is 11.4 Å². The van der Waals surface area contributed by atoms with Crippen molar-refractivity contribution in [1.82, 2.24) is 10.3 Å². The van der Waals surface area contributed by atoms with Crippen LogP contribution in [0.3, 0.4) is 0 Å². The van der Waals surface area contributed by atoms with Gasteiger partial charge in [-0.3, -0.25) is 10.1 Å². The highest BCUT2D eigenvalue weighted by Gasteiger charge is 2.21. The van der Waals surface area contributed by atoms with Crippen LogP contribution >= 0.6 is 11.8 Å². The van der Waals surface area contributed by atoms with Crippen LogP contribution in [0, 0.1) is 10.1 Å². The number of fused-ring (bicyclic) bond motifs is 1. The van der Waals surface area contributed by atoms with Gasteiger partial charge in [0.1, 0.15) is 0 Å². The monoisotopic (exact) mass is 282 g/mol. The highest BCUT2D eigenvalue weighted by Crippen LogP contribution is 2.30.